The molecule has 3 aliphatic rings. The number of nitrogens with zero attached hydrogens (tertiary/aromatic N) is 2. The van der Waals surface area contributed by atoms with Gasteiger partial charge in [-0.3, -0.25) is 9.59 Å². The fourth-order valence-corrected chi connectivity index (χ4v) is 7.24. The number of benzene rings is 1. The van der Waals surface area contributed by atoms with E-state index in [9.17, 15) is 22.2 Å². The number of piperidine rings is 1. The number of Topliss-reactive ketones (excluding diaryl/α,β-unsaturated/α-hetero) is 1. The Balaban J connectivity index is 1.71. The molecular formula is C26H38N4O5S2. The van der Waals surface area contributed by atoms with Crippen LogP contribution in [0, 0.1) is 17.3 Å². The summed E-state index contributed by atoms with van der Waals surface area (Å²) in [7, 11) is -6.83. The van der Waals surface area contributed by atoms with Gasteiger partial charge in [0.05, 0.1) is 5.69 Å². The highest BCUT2D eigenvalue weighted by atomic mass is 32.2. The topological polar surface area (TPSA) is 125 Å². The van der Waals surface area contributed by atoms with Crippen LogP contribution >= 0.6 is 0 Å². The van der Waals surface area contributed by atoms with E-state index >= 15 is 0 Å². The Bertz CT molecular complexity index is 1330. The Labute approximate surface area is 220 Å². The van der Waals surface area contributed by atoms with Crippen molar-refractivity contribution in [2.24, 2.45) is 21.6 Å². The van der Waals surface area contributed by atoms with E-state index in [1.54, 1.807) is 6.07 Å². The maximum absolute atomic E-state index is 13.9. The summed E-state index contributed by atoms with van der Waals surface area (Å²) in [5.41, 5.74) is 0.545. The van der Waals surface area contributed by atoms with E-state index in [0.29, 0.717) is 18.7 Å². The molecule has 0 bridgehead atoms. The highest BCUT2D eigenvalue weighted by Gasteiger charge is 2.50. The SMILES string of the molecule is C=S(C)(=O)Nc1ccc2c(c1)S(=O)(=O)N=C(C1C(=O)C3CCCCCCC3N(CCC(C)(C)C)C1=O)N2. The summed E-state index contributed by atoms with van der Waals surface area (Å²) in [6, 6.07) is 4.26. The van der Waals surface area contributed by atoms with Crippen LogP contribution in [0.15, 0.2) is 27.5 Å². The number of likely N-dealkylation sites (tertiary alicyclic amines) is 1. The summed E-state index contributed by atoms with van der Waals surface area (Å²) >= 11 is 0. The van der Waals surface area contributed by atoms with Crippen molar-refractivity contribution in [3.8, 4) is 0 Å². The van der Waals surface area contributed by atoms with Gasteiger partial charge in [0, 0.05) is 40.2 Å². The molecule has 1 aliphatic carbocycles. The summed E-state index contributed by atoms with van der Waals surface area (Å²) in [6.45, 7) is 6.86. The third-order valence-corrected chi connectivity index (χ3v) is 9.26. The molecule has 1 saturated carbocycles. The van der Waals surface area contributed by atoms with Crippen LogP contribution in [-0.4, -0.2) is 59.8 Å². The van der Waals surface area contributed by atoms with E-state index < -0.39 is 25.6 Å². The molecule has 9 nitrogen and oxygen atoms in total. The van der Waals surface area contributed by atoms with Crippen LogP contribution in [-0.2, 0) is 29.3 Å². The molecular weight excluding hydrogens is 512 g/mol. The molecule has 0 radical (unpaired) electrons. The van der Waals surface area contributed by atoms with Crippen LogP contribution in [0.3, 0.4) is 0 Å². The molecule has 4 rings (SSSR count). The zero-order chi connectivity index (χ0) is 27.2. The monoisotopic (exact) mass is 550 g/mol. The first-order chi connectivity index (χ1) is 17.2. The van der Waals surface area contributed by atoms with Gasteiger partial charge in [-0.1, -0.05) is 46.5 Å². The number of hydrogen-bond acceptors (Lipinski definition) is 6. The first-order valence-corrected chi connectivity index (χ1v) is 16.4. The molecule has 37 heavy (non-hydrogen) atoms. The lowest BCUT2D eigenvalue weighted by atomic mass is 9.74. The fourth-order valence-electron chi connectivity index (χ4n) is 5.43. The molecule has 1 amide bonds. The first-order valence-electron chi connectivity index (χ1n) is 12.9. The van der Waals surface area contributed by atoms with Gasteiger partial charge in [0.1, 0.15) is 10.7 Å². The lowest BCUT2D eigenvalue weighted by Gasteiger charge is -2.45. The average molecular weight is 551 g/mol. The number of sulfonamides is 1. The Hall–Kier alpha value is -2.40. The molecule has 1 saturated heterocycles. The molecule has 11 heteroatoms. The minimum atomic E-state index is -4.21. The van der Waals surface area contributed by atoms with Crippen molar-refractivity contribution in [1.82, 2.24) is 4.90 Å². The maximum atomic E-state index is 13.9. The van der Waals surface area contributed by atoms with E-state index in [1.807, 2.05) is 4.90 Å². The van der Waals surface area contributed by atoms with Crippen LogP contribution in [0.1, 0.15) is 65.7 Å². The van der Waals surface area contributed by atoms with Crippen molar-refractivity contribution in [2.45, 2.75) is 76.7 Å². The number of rotatable bonds is 5. The predicted molar refractivity (Wildman–Crippen MR) is 149 cm³/mol. The van der Waals surface area contributed by atoms with E-state index in [1.165, 1.54) is 18.4 Å². The summed E-state index contributed by atoms with van der Waals surface area (Å²) in [5.74, 6) is 1.16. The second-order valence-electron chi connectivity index (χ2n) is 11.7. The number of carbonyl (C=O) groups is 2. The zero-order valence-electron chi connectivity index (χ0n) is 22.1. The molecule has 204 valence electrons. The van der Waals surface area contributed by atoms with E-state index in [4.69, 9.17) is 0 Å². The average Bonchev–Trinajstić information content (AvgIpc) is 2.73. The van der Waals surface area contributed by atoms with Crippen molar-refractivity contribution in [3.05, 3.63) is 18.2 Å². The predicted octanol–water partition coefficient (Wildman–Crippen LogP) is 3.68. The smallest absolute Gasteiger partial charge is 0.286 e. The molecule has 2 aliphatic heterocycles. The molecule has 2 heterocycles. The molecule has 2 N–H and O–H groups in total. The molecule has 4 atom stereocenters. The second kappa shape index (κ2) is 10.1. The van der Waals surface area contributed by atoms with Gasteiger partial charge in [-0.2, -0.15) is 8.42 Å². The van der Waals surface area contributed by atoms with Crippen molar-refractivity contribution >= 4 is 54.5 Å². The standard InChI is InChI=1S/C26H38N4O5S2/c1-26(2,3)14-15-30-20-11-9-7-6-8-10-18(20)23(31)22(25(30)32)24-27-19-13-12-17(28-36(4,5)33)16-21(19)37(34,35)29-24/h12-13,16,18,20,22H,4,6-11,14-15H2,1-3,5H3,(H,27,29)(H,28,33). The van der Waals surface area contributed by atoms with Gasteiger partial charge in [0.25, 0.3) is 10.0 Å². The van der Waals surface area contributed by atoms with Crippen LogP contribution in [0.5, 0.6) is 0 Å². The van der Waals surface area contributed by atoms with Gasteiger partial charge in [0.2, 0.25) is 5.91 Å². The van der Waals surface area contributed by atoms with Crippen molar-refractivity contribution in [2.75, 3.05) is 22.8 Å². The summed E-state index contributed by atoms with van der Waals surface area (Å²) in [6.07, 6.45) is 7.65. The number of anilines is 2. The van der Waals surface area contributed by atoms with Gasteiger partial charge in [-0.25, -0.2) is 4.21 Å². The van der Waals surface area contributed by atoms with E-state index in [-0.39, 0.29) is 45.5 Å². The second-order valence-corrected chi connectivity index (χ2v) is 15.5. The van der Waals surface area contributed by atoms with E-state index in [2.05, 4.69) is 41.1 Å². The van der Waals surface area contributed by atoms with Crippen LogP contribution in [0.2, 0.25) is 0 Å². The number of nitrogens with one attached hydrogen (secondary N) is 2. The Morgan fingerprint density at radius 2 is 1.84 bits per heavy atom. The van der Waals surface area contributed by atoms with Crippen LogP contribution < -0.4 is 10.0 Å². The van der Waals surface area contributed by atoms with Gasteiger partial charge in [-0.05, 0) is 48.7 Å². The molecule has 0 aromatic heterocycles. The number of hydrogen-bond donors (Lipinski definition) is 2. The largest absolute Gasteiger partial charge is 0.341 e. The molecule has 2 fully saturated rings. The highest BCUT2D eigenvalue weighted by Crippen LogP contribution is 2.38. The van der Waals surface area contributed by atoms with Crippen molar-refractivity contribution in [1.29, 1.82) is 0 Å². The number of amides is 1. The summed E-state index contributed by atoms with van der Waals surface area (Å²) in [4.78, 5) is 29.4. The van der Waals surface area contributed by atoms with Gasteiger partial charge < -0.3 is 14.9 Å². The number of ketones is 1. The van der Waals surface area contributed by atoms with Gasteiger partial charge in [0.15, 0.2) is 11.7 Å². The first kappa shape index (κ1) is 27.6. The molecule has 1 aromatic rings. The van der Waals surface area contributed by atoms with E-state index in [0.717, 1.165) is 38.5 Å². The Morgan fingerprint density at radius 3 is 2.49 bits per heavy atom. The number of carbonyl (C=O) groups excluding carboxylic acids is 2. The summed E-state index contributed by atoms with van der Waals surface area (Å²) < 4.78 is 45.1. The van der Waals surface area contributed by atoms with Gasteiger partial charge >= 0.3 is 0 Å². The van der Waals surface area contributed by atoms with Crippen molar-refractivity contribution in [3.63, 3.8) is 0 Å². The lowest BCUT2D eigenvalue weighted by Crippen LogP contribution is -2.60. The summed E-state index contributed by atoms with van der Waals surface area (Å²) in [5, 5.41) is 2.98. The molecule has 1 aromatic carbocycles. The quantitative estimate of drug-likeness (QED) is 0.426. The van der Waals surface area contributed by atoms with Crippen molar-refractivity contribution < 1.29 is 22.2 Å². The zero-order valence-corrected chi connectivity index (χ0v) is 23.7. The minimum absolute atomic E-state index is 0.00113. The van der Waals surface area contributed by atoms with Crippen LogP contribution in [0.4, 0.5) is 11.4 Å². The van der Waals surface area contributed by atoms with Gasteiger partial charge in [-0.15, -0.1) is 4.40 Å². The Kier molecular flexibility index (Phi) is 7.51. The fraction of sp³-hybridized carbons (Fsp3) is 0.615. The Morgan fingerprint density at radius 1 is 1.16 bits per heavy atom. The molecule has 4 unspecified atom stereocenters. The number of fused-ring (bicyclic) bond motifs is 2. The molecule has 0 spiro atoms. The normalized spacial score (nSPS) is 27.5. The minimum Gasteiger partial charge on any atom is -0.341 e. The highest BCUT2D eigenvalue weighted by molar-refractivity contribution is 8.00. The third-order valence-electron chi connectivity index (χ3n) is 7.26. The lowest BCUT2D eigenvalue weighted by molar-refractivity contribution is -0.151. The number of amidine groups is 1. The van der Waals surface area contributed by atoms with Crippen LogP contribution in [0.25, 0.3) is 0 Å². The third kappa shape index (κ3) is 6.19. The maximum Gasteiger partial charge on any atom is 0.286 e.